The van der Waals surface area contributed by atoms with Gasteiger partial charge in [0.2, 0.25) is 10.0 Å². The summed E-state index contributed by atoms with van der Waals surface area (Å²) in [6, 6.07) is 5.86. The van der Waals surface area contributed by atoms with Gasteiger partial charge in [-0.25, -0.2) is 17.6 Å². The highest BCUT2D eigenvalue weighted by molar-refractivity contribution is 7.89. The molecule has 1 aliphatic heterocycles. The first-order valence-electron chi connectivity index (χ1n) is 7.86. The zero-order chi connectivity index (χ0) is 18.0. The minimum Gasteiger partial charge on any atom is -0.478 e. The van der Waals surface area contributed by atoms with Gasteiger partial charge in [-0.2, -0.15) is 4.31 Å². The summed E-state index contributed by atoms with van der Waals surface area (Å²) in [5.74, 6) is -2.26. The molecule has 0 unspecified atom stereocenters. The first-order chi connectivity index (χ1) is 11.9. The predicted octanol–water partition coefficient (Wildman–Crippen LogP) is 2.83. The maximum Gasteiger partial charge on any atom is 0.335 e. The maximum absolute atomic E-state index is 14.2. The molecule has 0 bridgehead atoms. The van der Waals surface area contributed by atoms with Crippen LogP contribution < -0.4 is 0 Å². The number of piperidine rings is 1. The minimum absolute atomic E-state index is 0.249. The third-order valence-corrected chi connectivity index (χ3v) is 6.21. The fourth-order valence-corrected chi connectivity index (χ4v) is 4.83. The van der Waals surface area contributed by atoms with Crippen LogP contribution in [0, 0.1) is 5.82 Å². The lowest BCUT2D eigenvalue weighted by atomic mass is 9.99. The van der Waals surface area contributed by atoms with Crippen LogP contribution in [-0.2, 0) is 10.0 Å². The molecule has 25 heavy (non-hydrogen) atoms. The van der Waals surface area contributed by atoms with Crippen LogP contribution in [0.5, 0.6) is 0 Å². The predicted molar refractivity (Wildman–Crippen MR) is 88.1 cm³/mol. The van der Waals surface area contributed by atoms with Gasteiger partial charge in [-0.3, -0.25) is 4.98 Å². The second-order valence-electron chi connectivity index (χ2n) is 5.86. The zero-order valence-electron chi connectivity index (χ0n) is 13.3. The fraction of sp³-hybridized carbons (Fsp3) is 0.294. The van der Waals surface area contributed by atoms with Gasteiger partial charge in [0, 0.05) is 18.9 Å². The Balaban J connectivity index is 2.06. The van der Waals surface area contributed by atoms with Gasteiger partial charge in [0.1, 0.15) is 10.7 Å². The van der Waals surface area contributed by atoms with Gasteiger partial charge in [-0.05, 0) is 42.7 Å². The van der Waals surface area contributed by atoms with E-state index in [0.29, 0.717) is 12.8 Å². The van der Waals surface area contributed by atoms with Crippen LogP contribution in [0.4, 0.5) is 4.39 Å². The number of carboxylic acids is 1. The lowest BCUT2D eigenvalue weighted by Crippen LogP contribution is -2.39. The van der Waals surface area contributed by atoms with Crippen molar-refractivity contribution < 1.29 is 22.7 Å². The van der Waals surface area contributed by atoms with Gasteiger partial charge in [-0.1, -0.05) is 12.5 Å². The highest BCUT2D eigenvalue weighted by atomic mass is 32.2. The first-order valence-corrected chi connectivity index (χ1v) is 9.30. The lowest BCUT2D eigenvalue weighted by Gasteiger charge is -2.34. The van der Waals surface area contributed by atoms with Crippen LogP contribution in [0.15, 0.2) is 47.6 Å². The summed E-state index contributed by atoms with van der Waals surface area (Å²) in [4.78, 5) is 14.5. The van der Waals surface area contributed by atoms with E-state index in [1.807, 2.05) is 0 Å². The Morgan fingerprint density at radius 2 is 2.08 bits per heavy atom. The number of carbonyl (C=O) groups is 1. The van der Waals surface area contributed by atoms with Crippen LogP contribution in [0.25, 0.3) is 0 Å². The highest BCUT2D eigenvalue weighted by Crippen LogP contribution is 2.35. The van der Waals surface area contributed by atoms with E-state index >= 15 is 0 Å². The van der Waals surface area contributed by atoms with E-state index < -0.39 is 32.7 Å². The average Bonchev–Trinajstić information content (AvgIpc) is 2.62. The largest absolute Gasteiger partial charge is 0.478 e. The van der Waals surface area contributed by atoms with Gasteiger partial charge < -0.3 is 5.11 Å². The molecule has 0 saturated carbocycles. The summed E-state index contributed by atoms with van der Waals surface area (Å²) in [5.41, 5.74) is 0.468. The highest BCUT2D eigenvalue weighted by Gasteiger charge is 2.36. The molecule has 1 aliphatic rings. The van der Waals surface area contributed by atoms with Crippen molar-refractivity contribution in [2.24, 2.45) is 0 Å². The van der Waals surface area contributed by atoms with E-state index in [1.54, 1.807) is 24.5 Å². The van der Waals surface area contributed by atoms with Crippen LogP contribution in [0.1, 0.15) is 41.2 Å². The molecule has 0 amide bonds. The van der Waals surface area contributed by atoms with Gasteiger partial charge in [-0.15, -0.1) is 0 Å². The number of sulfonamides is 1. The van der Waals surface area contributed by atoms with Gasteiger partial charge in [0.15, 0.2) is 0 Å². The molecule has 8 heteroatoms. The fourth-order valence-electron chi connectivity index (χ4n) is 3.06. The Bertz CT molecular complexity index is 887. The Hall–Kier alpha value is -2.32. The van der Waals surface area contributed by atoms with Crippen LogP contribution in [0.3, 0.4) is 0 Å². The van der Waals surface area contributed by atoms with Crippen LogP contribution in [-0.4, -0.2) is 35.3 Å². The number of hydrogen-bond donors (Lipinski definition) is 1. The van der Waals surface area contributed by atoms with E-state index in [4.69, 9.17) is 5.11 Å². The smallest absolute Gasteiger partial charge is 0.335 e. The molecule has 0 aliphatic carbocycles. The Morgan fingerprint density at radius 1 is 1.28 bits per heavy atom. The summed E-state index contributed by atoms with van der Waals surface area (Å²) in [6.07, 6.45) is 5.31. The first kappa shape index (κ1) is 17.5. The third-order valence-electron chi connectivity index (χ3n) is 4.29. The molecule has 2 aromatic rings. The number of aromatic nitrogens is 1. The zero-order valence-corrected chi connectivity index (χ0v) is 14.1. The van der Waals surface area contributed by atoms with E-state index in [1.165, 1.54) is 4.31 Å². The van der Waals surface area contributed by atoms with Crippen molar-refractivity contribution in [3.63, 3.8) is 0 Å². The SMILES string of the molecule is O=C(O)c1ccc(F)c(S(=O)(=O)N2CCCC[C@H]2c2cccnc2)c1. The molecule has 1 N–H and O–H groups in total. The van der Waals surface area contributed by atoms with Crippen LogP contribution in [0.2, 0.25) is 0 Å². The van der Waals surface area contributed by atoms with Gasteiger partial charge in [0.25, 0.3) is 0 Å². The molecular formula is C17H17FN2O4S. The molecule has 2 heterocycles. The number of rotatable bonds is 4. The van der Waals surface area contributed by atoms with Crippen molar-refractivity contribution >= 4 is 16.0 Å². The second kappa shape index (κ2) is 6.89. The minimum atomic E-state index is -4.18. The molecule has 1 fully saturated rings. The molecule has 6 nitrogen and oxygen atoms in total. The number of pyridine rings is 1. The number of nitrogens with zero attached hydrogens (tertiary/aromatic N) is 2. The number of hydrogen-bond acceptors (Lipinski definition) is 4. The molecule has 3 rings (SSSR count). The van der Waals surface area contributed by atoms with Crippen molar-refractivity contribution in [2.75, 3.05) is 6.54 Å². The summed E-state index contributed by atoms with van der Waals surface area (Å²) in [5, 5.41) is 9.07. The quantitative estimate of drug-likeness (QED) is 0.901. The van der Waals surface area contributed by atoms with E-state index in [2.05, 4.69) is 4.98 Å². The summed E-state index contributed by atoms with van der Waals surface area (Å²) >= 11 is 0. The third kappa shape index (κ3) is 3.40. The molecule has 1 aromatic heterocycles. The van der Waals surface area contributed by atoms with Crippen molar-refractivity contribution in [1.29, 1.82) is 0 Å². The Labute approximate surface area is 145 Å². The summed E-state index contributed by atoms with van der Waals surface area (Å²) < 4.78 is 41.5. The summed E-state index contributed by atoms with van der Waals surface area (Å²) in [7, 11) is -4.18. The maximum atomic E-state index is 14.2. The number of carboxylic acid groups (broad SMARTS) is 1. The summed E-state index contributed by atoms with van der Waals surface area (Å²) in [6.45, 7) is 0.249. The van der Waals surface area contributed by atoms with Crippen molar-refractivity contribution in [3.8, 4) is 0 Å². The Morgan fingerprint density at radius 3 is 2.76 bits per heavy atom. The number of halogens is 1. The van der Waals surface area contributed by atoms with E-state index in [9.17, 15) is 17.6 Å². The molecular weight excluding hydrogens is 347 g/mol. The topological polar surface area (TPSA) is 87.6 Å². The molecule has 1 atom stereocenters. The van der Waals surface area contributed by atoms with Crippen molar-refractivity contribution in [3.05, 3.63) is 59.7 Å². The monoisotopic (exact) mass is 364 g/mol. The van der Waals surface area contributed by atoms with Gasteiger partial charge >= 0.3 is 5.97 Å². The second-order valence-corrected chi connectivity index (χ2v) is 7.72. The molecule has 0 spiro atoms. The lowest BCUT2D eigenvalue weighted by molar-refractivity contribution is 0.0696. The number of aromatic carboxylic acids is 1. The van der Waals surface area contributed by atoms with E-state index in [0.717, 1.165) is 30.2 Å². The number of benzene rings is 1. The molecule has 0 radical (unpaired) electrons. The van der Waals surface area contributed by atoms with Crippen molar-refractivity contribution in [2.45, 2.75) is 30.2 Å². The molecule has 1 aromatic carbocycles. The molecule has 132 valence electrons. The normalized spacial score (nSPS) is 18.8. The van der Waals surface area contributed by atoms with Gasteiger partial charge in [0.05, 0.1) is 11.6 Å². The van der Waals surface area contributed by atoms with Crippen LogP contribution >= 0.6 is 0 Å². The molecule has 1 saturated heterocycles. The van der Waals surface area contributed by atoms with E-state index in [-0.39, 0.29) is 12.1 Å². The average molecular weight is 364 g/mol. The Kier molecular flexibility index (Phi) is 4.82. The standard InChI is InChI=1S/C17H17FN2O4S/c18-14-7-6-12(17(21)22)10-16(14)25(23,24)20-9-2-1-5-15(20)13-4-3-8-19-11-13/h3-4,6-8,10-11,15H,1-2,5,9H2,(H,21,22)/t15-/m0/s1. The van der Waals surface area contributed by atoms with Crippen molar-refractivity contribution in [1.82, 2.24) is 9.29 Å².